The van der Waals surface area contributed by atoms with Crippen LogP contribution in [0.15, 0.2) is 4.90 Å². The molecule has 0 fully saturated rings. The van der Waals surface area contributed by atoms with Gasteiger partial charge in [0.15, 0.2) is 17.4 Å². The lowest BCUT2D eigenvalue weighted by Gasteiger charge is -2.37. The van der Waals surface area contributed by atoms with Gasteiger partial charge in [-0.3, -0.25) is 4.31 Å². The quantitative estimate of drug-likeness (QED) is 0.527. The highest BCUT2D eigenvalue weighted by molar-refractivity contribution is 8.26. The molecule has 0 aliphatic rings. The predicted molar refractivity (Wildman–Crippen MR) is 60.9 cm³/mol. The molecule has 0 aliphatic carbocycles. The Labute approximate surface area is 104 Å². The van der Waals surface area contributed by atoms with Gasteiger partial charge in [0.2, 0.25) is 11.6 Å². The Hall–Kier alpha value is -0.990. The van der Waals surface area contributed by atoms with Crippen LogP contribution >= 0.6 is 10.5 Å². The third kappa shape index (κ3) is 2.15. The molecule has 8 heteroatoms. The number of rotatable bonds is 3. The normalized spacial score (nSPS) is 16.6. The molecule has 0 saturated heterocycles. The van der Waals surface area contributed by atoms with Gasteiger partial charge in [-0.2, -0.15) is 4.39 Å². The summed E-state index contributed by atoms with van der Waals surface area (Å²) in [7, 11) is 0.743. The van der Waals surface area contributed by atoms with Gasteiger partial charge in [0, 0.05) is 6.26 Å². The molecule has 0 saturated carbocycles. The van der Waals surface area contributed by atoms with Crippen molar-refractivity contribution in [1.82, 2.24) is 4.31 Å². The van der Waals surface area contributed by atoms with Crippen molar-refractivity contribution in [3.63, 3.8) is 0 Å². The molecule has 18 heavy (non-hydrogen) atoms. The van der Waals surface area contributed by atoms with Crippen LogP contribution in [0.2, 0.25) is 0 Å². The summed E-state index contributed by atoms with van der Waals surface area (Å²) in [6.45, 7) is 0. The first-order valence-electron chi connectivity index (χ1n) is 4.74. The number of methoxy groups -OCH3 is 1. The lowest BCUT2D eigenvalue weighted by atomic mass is 10.3. The molecule has 1 rings (SSSR count). The summed E-state index contributed by atoms with van der Waals surface area (Å²) in [6, 6.07) is 0. The van der Waals surface area contributed by atoms with Gasteiger partial charge in [-0.25, -0.2) is 13.2 Å². The zero-order valence-electron chi connectivity index (χ0n) is 10.2. The number of nitrogens with zero attached hydrogens (tertiary/aromatic N) is 1. The Kier molecular flexibility index (Phi) is 4.14. The summed E-state index contributed by atoms with van der Waals surface area (Å²) in [4.78, 5) is -0.716. The molecule has 0 spiro atoms. The lowest BCUT2D eigenvalue weighted by Crippen LogP contribution is -2.21. The van der Waals surface area contributed by atoms with Crippen molar-refractivity contribution in [1.29, 1.82) is 0 Å². The van der Waals surface area contributed by atoms with E-state index >= 15 is 0 Å². The van der Waals surface area contributed by atoms with E-state index in [2.05, 4.69) is 4.74 Å². The van der Waals surface area contributed by atoms with E-state index in [1.807, 2.05) is 0 Å². The molecule has 1 atom stereocenters. The number of benzene rings is 1. The van der Waals surface area contributed by atoms with E-state index in [-0.39, 0.29) is 0 Å². The summed E-state index contributed by atoms with van der Waals surface area (Å²) in [5.74, 6) is -8.10. The maximum absolute atomic E-state index is 13.7. The standard InChI is InChI=1S/C10H13F4NO2S/c1-15(2)18(4,16)10-8(14)6(12)5(11)7(13)9(10)17-3/h16H,1-4H3. The van der Waals surface area contributed by atoms with Crippen LogP contribution in [-0.4, -0.2) is 36.3 Å². The Morgan fingerprint density at radius 1 is 1.00 bits per heavy atom. The molecule has 1 unspecified atom stereocenters. The molecule has 0 aliphatic heterocycles. The van der Waals surface area contributed by atoms with Crippen LogP contribution in [0.4, 0.5) is 17.6 Å². The molecule has 0 heterocycles. The summed E-state index contributed by atoms with van der Waals surface area (Å²) >= 11 is 0. The van der Waals surface area contributed by atoms with E-state index < -0.39 is 44.4 Å². The van der Waals surface area contributed by atoms with Crippen LogP contribution in [0.25, 0.3) is 0 Å². The predicted octanol–water partition coefficient (Wildman–Crippen LogP) is 2.99. The SMILES string of the molecule is COc1c(F)c(F)c(F)c(F)c1S(C)(O)N(C)C. The highest BCUT2D eigenvalue weighted by atomic mass is 32.3. The Morgan fingerprint density at radius 2 is 1.44 bits per heavy atom. The van der Waals surface area contributed by atoms with E-state index in [0.29, 0.717) is 0 Å². The summed E-state index contributed by atoms with van der Waals surface area (Å²) in [5, 5.41) is 0. The zero-order valence-corrected chi connectivity index (χ0v) is 11.0. The van der Waals surface area contributed by atoms with Crippen LogP contribution in [0, 0.1) is 23.3 Å². The minimum absolute atomic E-state index is 0.716. The molecular weight excluding hydrogens is 274 g/mol. The van der Waals surface area contributed by atoms with Crippen molar-refractivity contribution in [3.8, 4) is 5.75 Å². The first-order valence-corrected chi connectivity index (χ1v) is 6.70. The summed E-state index contributed by atoms with van der Waals surface area (Å²) < 4.78 is 69.3. The smallest absolute Gasteiger partial charge is 0.205 e. The Balaban J connectivity index is 3.73. The second-order valence-corrected chi connectivity index (χ2v) is 6.57. The zero-order chi connectivity index (χ0) is 14.2. The third-order valence-electron chi connectivity index (χ3n) is 2.48. The first-order chi connectivity index (χ1) is 8.16. The van der Waals surface area contributed by atoms with E-state index in [9.17, 15) is 22.1 Å². The van der Waals surface area contributed by atoms with Crippen LogP contribution in [-0.2, 0) is 0 Å². The molecule has 1 aromatic carbocycles. The maximum atomic E-state index is 13.7. The Bertz CT molecular complexity index is 480. The largest absolute Gasteiger partial charge is 0.492 e. The maximum Gasteiger partial charge on any atom is 0.205 e. The van der Waals surface area contributed by atoms with Crippen molar-refractivity contribution < 1.29 is 26.9 Å². The molecule has 0 radical (unpaired) electrons. The van der Waals surface area contributed by atoms with Gasteiger partial charge in [-0.15, -0.1) is 0 Å². The van der Waals surface area contributed by atoms with E-state index in [1.165, 1.54) is 24.7 Å². The van der Waals surface area contributed by atoms with Crippen molar-refractivity contribution >= 4 is 10.5 Å². The van der Waals surface area contributed by atoms with Crippen molar-refractivity contribution in [2.75, 3.05) is 27.5 Å². The van der Waals surface area contributed by atoms with Gasteiger partial charge >= 0.3 is 0 Å². The highest BCUT2D eigenvalue weighted by Crippen LogP contribution is 2.56. The molecule has 0 aromatic heterocycles. The molecule has 104 valence electrons. The molecule has 0 amide bonds. The van der Waals surface area contributed by atoms with Crippen LogP contribution < -0.4 is 4.74 Å². The molecule has 3 nitrogen and oxygen atoms in total. The fraction of sp³-hybridized carbons (Fsp3) is 0.400. The molecule has 1 N–H and O–H groups in total. The minimum atomic E-state index is -3.03. The highest BCUT2D eigenvalue weighted by Gasteiger charge is 2.35. The average molecular weight is 287 g/mol. The fourth-order valence-corrected chi connectivity index (χ4v) is 2.62. The van der Waals surface area contributed by atoms with E-state index in [4.69, 9.17) is 0 Å². The van der Waals surface area contributed by atoms with Crippen molar-refractivity contribution in [2.45, 2.75) is 4.90 Å². The van der Waals surface area contributed by atoms with Gasteiger partial charge in [-0.05, 0) is 14.1 Å². The van der Waals surface area contributed by atoms with Gasteiger partial charge in [0.05, 0.1) is 7.11 Å². The third-order valence-corrected chi connectivity index (χ3v) is 5.04. The van der Waals surface area contributed by atoms with Crippen LogP contribution in [0.1, 0.15) is 0 Å². The second kappa shape index (κ2) is 4.94. The molecular formula is C10H13F4NO2S. The van der Waals surface area contributed by atoms with E-state index in [1.54, 1.807) is 0 Å². The molecule has 0 bridgehead atoms. The van der Waals surface area contributed by atoms with Gasteiger partial charge < -0.3 is 9.29 Å². The summed E-state index contributed by atoms with van der Waals surface area (Å²) in [6.07, 6.45) is 1.19. The average Bonchev–Trinajstić information content (AvgIpc) is 2.30. The second-order valence-electron chi connectivity index (χ2n) is 3.76. The number of ether oxygens (including phenoxy) is 1. The number of halogens is 4. The first kappa shape index (κ1) is 15.1. The monoisotopic (exact) mass is 287 g/mol. The lowest BCUT2D eigenvalue weighted by molar-refractivity contribution is 0.326. The topological polar surface area (TPSA) is 32.7 Å². The van der Waals surface area contributed by atoms with Crippen LogP contribution in [0.5, 0.6) is 5.75 Å². The van der Waals surface area contributed by atoms with Crippen molar-refractivity contribution in [3.05, 3.63) is 23.3 Å². The Morgan fingerprint density at radius 3 is 1.83 bits per heavy atom. The molecule has 1 aromatic rings. The number of hydrogen-bond donors (Lipinski definition) is 1. The van der Waals surface area contributed by atoms with E-state index in [0.717, 1.165) is 7.11 Å². The summed E-state index contributed by atoms with van der Waals surface area (Å²) in [5.41, 5.74) is 0. The fourth-order valence-electron chi connectivity index (χ4n) is 1.30. The van der Waals surface area contributed by atoms with Gasteiger partial charge in [0.25, 0.3) is 0 Å². The van der Waals surface area contributed by atoms with Gasteiger partial charge in [-0.1, -0.05) is 10.5 Å². The van der Waals surface area contributed by atoms with Gasteiger partial charge in [0.1, 0.15) is 4.90 Å². The van der Waals surface area contributed by atoms with Crippen molar-refractivity contribution in [2.24, 2.45) is 0 Å². The van der Waals surface area contributed by atoms with Crippen LogP contribution in [0.3, 0.4) is 0 Å². The minimum Gasteiger partial charge on any atom is -0.492 e. The number of hydrogen-bond acceptors (Lipinski definition) is 3.